The zero-order chi connectivity index (χ0) is 23.8. The summed E-state index contributed by atoms with van der Waals surface area (Å²) in [5.74, 6) is 2.93. The van der Waals surface area contributed by atoms with Crippen molar-refractivity contribution in [2.24, 2.45) is 7.05 Å². The number of Topliss-reactive ketones (excluding diaryl/α,β-unsaturated/α-hetero) is 1. The Morgan fingerprint density at radius 3 is 2.44 bits per heavy atom. The summed E-state index contributed by atoms with van der Waals surface area (Å²) in [6.07, 6.45) is 3.77. The van der Waals surface area contributed by atoms with Crippen LogP contribution in [0.4, 0.5) is 0 Å². The van der Waals surface area contributed by atoms with Crippen LogP contribution in [0.2, 0.25) is 0 Å². The molecule has 5 rings (SSSR count). The van der Waals surface area contributed by atoms with E-state index < -0.39 is 0 Å². The van der Waals surface area contributed by atoms with Gasteiger partial charge in [-0.1, -0.05) is 12.1 Å². The summed E-state index contributed by atoms with van der Waals surface area (Å²) in [5, 5.41) is 0.988. The summed E-state index contributed by atoms with van der Waals surface area (Å²) in [5.41, 5.74) is 4.28. The van der Waals surface area contributed by atoms with Crippen molar-refractivity contribution in [3.63, 3.8) is 0 Å². The average molecular weight is 456 g/mol. The van der Waals surface area contributed by atoms with Gasteiger partial charge < -0.3 is 23.5 Å². The van der Waals surface area contributed by atoms with E-state index in [1.165, 1.54) is 0 Å². The molecule has 0 unspecified atom stereocenters. The summed E-state index contributed by atoms with van der Waals surface area (Å²) in [4.78, 5) is 13.1. The first-order valence-corrected chi connectivity index (χ1v) is 10.9. The van der Waals surface area contributed by atoms with E-state index in [2.05, 4.69) is 0 Å². The Morgan fingerprint density at radius 2 is 1.71 bits per heavy atom. The maximum Gasteiger partial charge on any atom is 0.231 e. The van der Waals surface area contributed by atoms with E-state index in [0.717, 1.165) is 39.1 Å². The first-order chi connectivity index (χ1) is 16.5. The number of allylic oxidation sites excluding steroid dienone is 1. The second-order valence-corrected chi connectivity index (χ2v) is 8.22. The molecule has 1 aliphatic heterocycles. The number of ketones is 1. The van der Waals surface area contributed by atoms with E-state index in [9.17, 15) is 4.79 Å². The van der Waals surface area contributed by atoms with Gasteiger partial charge in [-0.05, 0) is 61.0 Å². The normalized spacial score (nSPS) is 13.8. The molecule has 0 amide bonds. The standard InChI is InChI=1S/C28H25NO5/c1-17-25(33-16-18-5-7-20(31-3)8-6-18)12-10-22-27(30)26(34-28(17)22)13-19-15-29(2)24-11-9-21(32-4)14-23(19)24/h5-15H,16H2,1-4H3. The number of carbonyl (C=O) groups excluding carboxylic acids is 1. The van der Waals surface area contributed by atoms with Gasteiger partial charge in [-0.3, -0.25) is 4.79 Å². The molecule has 0 saturated carbocycles. The van der Waals surface area contributed by atoms with Gasteiger partial charge in [-0.15, -0.1) is 0 Å². The van der Waals surface area contributed by atoms with Crippen molar-refractivity contribution in [3.05, 3.63) is 88.8 Å². The van der Waals surface area contributed by atoms with Gasteiger partial charge in [0, 0.05) is 35.3 Å². The summed E-state index contributed by atoms with van der Waals surface area (Å²) >= 11 is 0. The van der Waals surface area contributed by atoms with Crippen molar-refractivity contribution < 1.29 is 23.7 Å². The third-order valence-corrected chi connectivity index (χ3v) is 6.10. The lowest BCUT2D eigenvalue weighted by atomic mass is 10.1. The van der Waals surface area contributed by atoms with Crippen LogP contribution in [0.1, 0.15) is 27.0 Å². The van der Waals surface area contributed by atoms with Crippen LogP contribution in [0.15, 0.2) is 66.6 Å². The van der Waals surface area contributed by atoms with Crippen molar-refractivity contribution in [1.82, 2.24) is 4.57 Å². The van der Waals surface area contributed by atoms with Crippen molar-refractivity contribution in [1.29, 1.82) is 0 Å². The number of carbonyl (C=O) groups is 1. The number of nitrogens with zero attached hydrogens (tertiary/aromatic N) is 1. The molecule has 0 saturated heterocycles. The Labute approximate surface area is 197 Å². The van der Waals surface area contributed by atoms with Crippen LogP contribution in [0.25, 0.3) is 17.0 Å². The first-order valence-electron chi connectivity index (χ1n) is 10.9. The van der Waals surface area contributed by atoms with Crippen molar-refractivity contribution >= 4 is 22.8 Å². The molecule has 4 aromatic rings. The highest BCUT2D eigenvalue weighted by Gasteiger charge is 2.30. The number of aryl methyl sites for hydroxylation is 1. The molecule has 0 atom stereocenters. The molecule has 1 aliphatic rings. The number of rotatable bonds is 6. The first kappa shape index (κ1) is 21.6. The topological polar surface area (TPSA) is 58.9 Å². The molecule has 34 heavy (non-hydrogen) atoms. The minimum absolute atomic E-state index is 0.139. The highest BCUT2D eigenvalue weighted by Crippen LogP contribution is 2.40. The number of hydrogen-bond donors (Lipinski definition) is 0. The quantitative estimate of drug-likeness (QED) is 0.349. The largest absolute Gasteiger partial charge is 0.497 e. The molecule has 6 nitrogen and oxygen atoms in total. The predicted octanol–water partition coefficient (Wildman–Crippen LogP) is 5.70. The zero-order valence-electron chi connectivity index (χ0n) is 19.5. The fourth-order valence-electron chi connectivity index (χ4n) is 4.19. The SMILES string of the molecule is COc1ccc(COc2ccc3c(c2C)OC(=Cc2cn(C)c4ccc(OC)cc24)C3=O)cc1. The lowest BCUT2D eigenvalue weighted by Crippen LogP contribution is -1.98. The van der Waals surface area contributed by atoms with E-state index in [0.29, 0.717) is 29.4 Å². The lowest BCUT2D eigenvalue weighted by Gasteiger charge is -2.12. The second-order valence-electron chi connectivity index (χ2n) is 8.22. The molecule has 3 aromatic carbocycles. The Hall–Kier alpha value is -4.19. The van der Waals surface area contributed by atoms with E-state index in [1.807, 2.05) is 73.3 Å². The van der Waals surface area contributed by atoms with Crippen molar-refractivity contribution in [3.8, 4) is 23.0 Å². The smallest absolute Gasteiger partial charge is 0.231 e. The third-order valence-electron chi connectivity index (χ3n) is 6.10. The Morgan fingerprint density at radius 1 is 0.971 bits per heavy atom. The predicted molar refractivity (Wildman–Crippen MR) is 131 cm³/mol. The van der Waals surface area contributed by atoms with E-state index in [-0.39, 0.29) is 5.78 Å². The fraction of sp³-hybridized carbons (Fsp3) is 0.179. The van der Waals surface area contributed by atoms with Gasteiger partial charge in [-0.25, -0.2) is 0 Å². The summed E-state index contributed by atoms with van der Waals surface area (Å²) in [6.45, 7) is 2.30. The van der Waals surface area contributed by atoms with Gasteiger partial charge in [0.2, 0.25) is 5.78 Å². The zero-order valence-corrected chi connectivity index (χ0v) is 19.5. The van der Waals surface area contributed by atoms with Crippen LogP contribution in [-0.2, 0) is 13.7 Å². The average Bonchev–Trinajstić information content (AvgIpc) is 3.35. The number of fused-ring (bicyclic) bond motifs is 2. The van der Waals surface area contributed by atoms with Crippen molar-refractivity contribution in [2.75, 3.05) is 14.2 Å². The summed E-state index contributed by atoms with van der Waals surface area (Å²) < 4.78 is 24.7. The minimum atomic E-state index is -0.139. The summed E-state index contributed by atoms with van der Waals surface area (Å²) in [7, 11) is 5.25. The molecule has 0 bridgehead atoms. The number of ether oxygens (including phenoxy) is 4. The van der Waals surface area contributed by atoms with E-state index in [4.69, 9.17) is 18.9 Å². The molecular weight excluding hydrogens is 430 g/mol. The number of hydrogen-bond acceptors (Lipinski definition) is 5. The summed E-state index contributed by atoms with van der Waals surface area (Å²) in [6, 6.07) is 17.2. The van der Waals surface area contributed by atoms with Gasteiger partial charge in [0.15, 0.2) is 5.76 Å². The van der Waals surface area contributed by atoms with Gasteiger partial charge >= 0.3 is 0 Å². The fourth-order valence-corrected chi connectivity index (χ4v) is 4.19. The molecule has 2 heterocycles. The molecule has 0 N–H and O–H groups in total. The molecule has 6 heteroatoms. The lowest BCUT2D eigenvalue weighted by molar-refractivity contribution is 0.101. The van der Waals surface area contributed by atoms with Crippen LogP contribution in [0.5, 0.6) is 23.0 Å². The minimum Gasteiger partial charge on any atom is -0.497 e. The van der Waals surface area contributed by atoms with Crippen LogP contribution >= 0.6 is 0 Å². The highest BCUT2D eigenvalue weighted by molar-refractivity contribution is 6.15. The van der Waals surface area contributed by atoms with Crippen LogP contribution in [0.3, 0.4) is 0 Å². The van der Waals surface area contributed by atoms with Gasteiger partial charge in [0.05, 0.1) is 19.8 Å². The molecular formula is C28H25NO5. The Balaban J connectivity index is 1.42. The van der Waals surface area contributed by atoms with Crippen LogP contribution in [0, 0.1) is 6.92 Å². The Bertz CT molecular complexity index is 1430. The molecule has 0 aliphatic carbocycles. The number of methoxy groups -OCH3 is 2. The van der Waals surface area contributed by atoms with Gasteiger partial charge in [-0.2, -0.15) is 0 Å². The van der Waals surface area contributed by atoms with Gasteiger partial charge in [0.25, 0.3) is 0 Å². The van der Waals surface area contributed by atoms with E-state index >= 15 is 0 Å². The van der Waals surface area contributed by atoms with E-state index in [1.54, 1.807) is 26.4 Å². The Kier molecular flexibility index (Phi) is 5.49. The maximum atomic E-state index is 13.1. The molecule has 0 fully saturated rings. The third kappa shape index (κ3) is 3.77. The second kappa shape index (κ2) is 8.63. The molecule has 0 radical (unpaired) electrons. The highest BCUT2D eigenvalue weighted by atomic mass is 16.5. The molecule has 0 spiro atoms. The van der Waals surface area contributed by atoms with Gasteiger partial charge in [0.1, 0.15) is 29.6 Å². The maximum absolute atomic E-state index is 13.1. The monoisotopic (exact) mass is 455 g/mol. The van der Waals surface area contributed by atoms with Crippen LogP contribution in [-0.4, -0.2) is 24.6 Å². The van der Waals surface area contributed by atoms with Crippen LogP contribution < -0.4 is 18.9 Å². The number of aromatic nitrogens is 1. The van der Waals surface area contributed by atoms with Crippen molar-refractivity contribution in [2.45, 2.75) is 13.5 Å². The molecule has 1 aromatic heterocycles. The molecule has 172 valence electrons. The number of benzene rings is 3.